The molecular weight excluding hydrogens is 361 g/mol. The predicted octanol–water partition coefficient (Wildman–Crippen LogP) is 4.46. The van der Waals surface area contributed by atoms with Crippen molar-refractivity contribution in [2.24, 2.45) is 0 Å². The zero-order chi connectivity index (χ0) is 19.0. The number of pyridine rings is 1. The molecule has 1 aromatic heterocycles. The minimum absolute atomic E-state index is 0.0746. The second kappa shape index (κ2) is 6.31. The first-order valence-corrected chi connectivity index (χ1v) is 7.84. The van der Waals surface area contributed by atoms with Gasteiger partial charge in [-0.25, -0.2) is 9.37 Å². The van der Waals surface area contributed by atoms with Crippen LogP contribution in [-0.4, -0.2) is 17.2 Å². The maximum atomic E-state index is 13.6. The number of halogens is 3. The van der Waals surface area contributed by atoms with Crippen molar-refractivity contribution in [1.29, 1.82) is 0 Å². The number of amides is 1. The van der Waals surface area contributed by atoms with E-state index >= 15 is 0 Å². The van der Waals surface area contributed by atoms with Gasteiger partial charge in [0, 0.05) is 17.3 Å². The summed E-state index contributed by atoms with van der Waals surface area (Å²) in [5, 5.41) is 2.48. The molecule has 27 heavy (non-hydrogen) atoms. The van der Waals surface area contributed by atoms with Crippen molar-refractivity contribution in [3.05, 3.63) is 72.2 Å². The van der Waals surface area contributed by atoms with Crippen molar-refractivity contribution in [3.8, 4) is 22.6 Å². The van der Waals surface area contributed by atoms with Crippen molar-refractivity contribution in [2.75, 3.05) is 5.32 Å². The van der Waals surface area contributed by atoms with Crippen LogP contribution in [0, 0.1) is 5.82 Å². The first-order chi connectivity index (χ1) is 12.9. The second-order valence-electron chi connectivity index (χ2n) is 5.67. The van der Waals surface area contributed by atoms with Crippen LogP contribution in [0.1, 0.15) is 10.4 Å². The van der Waals surface area contributed by atoms with Crippen LogP contribution >= 0.6 is 0 Å². The number of carbonyl (C=O) groups is 1. The molecule has 1 aliphatic rings. The van der Waals surface area contributed by atoms with Crippen molar-refractivity contribution < 1.29 is 27.4 Å². The predicted molar refractivity (Wildman–Crippen MR) is 90.2 cm³/mol. The molecule has 0 fully saturated rings. The number of alkyl halides is 2. The van der Waals surface area contributed by atoms with Gasteiger partial charge in [0.15, 0.2) is 11.5 Å². The number of rotatable bonds is 3. The number of nitrogens with zero attached hydrogens (tertiary/aromatic N) is 1. The van der Waals surface area contributed by atoms with Crippen molar-refractivity contribution in [2.45, 2.75) is 6.29 Å². The van der Waals surface area contributed by atoms with Crippen molar-refractivity contribution in [3.63, 3.8) is 0 Å². The molecule has 3 aromatic rings. The molecule has 2 aromatic carbocycles. The number of nitrogens with one attached hydrogen (secondary N) is 1. The minimum atomic E-state index is -3.72. The molecule has 0 saturated heterocycles. The monoisotopic (exact) mass is 372 g/mol. The molecule has 8 heteroatoms. The lowest BCUT2D eigenvalue weighted by atomic mass is 10.1. The van der Waals surface area contributed by atoms with Gasteiger partial charge in [-0.1, -0.05) is 24.3 Å². The van der Waals surface area contributed by atoms with Gasteiger partial charge in [0.1, 0.15) is 11.6 Å². The molecule has 5 nitrogen and oxygen atoms in total. The summed E-state index contributed by atoms with van der Waals surface area (Å²) in [6.45, 7) is 0. The number of benzene rings is 2. The number of aromatic nitrogens is 1. The fraction of sp³-hybridized carbons (Fsp3) is 0.0526. The van der Waals surface area contributed by atoms with Gasteiger partial charge in [-0.05, 0) is 30.3 Å². The lowest BCUT2D eigenvalue weighted by Gasteiger charge is -2.09. The summed E-state index contributed by atoms with van der Waals surface area (Å²) in [4.78, 5) is 16.2. The van der Waals surface area contributed by atoms with E-state index in [2.05, 4.69) is 19.8 Å². The number of fused-ring (bicyclic) bond motifs is 1. The fourth-order valence-corrected chi connectivity index (χ4v) is 2.65. The van der Waals surface area contributed by atoms with Gasteiger partial charge in [0.25, 0.3) is 5.91 Å². The molecule has 136 valence electrons. The summed E-state index contributed by atoms with van der Waals surface area (Å²) in [5.74, 6) is -1.28. The average Bonchev–Trinajstić information content (AvgIpc) is 2.96. The largest absolute Gasteiger partial charge is 0.586 e. The average molecular weight is 372 g/mol. The van der Waals surface area contributed by atoms with Crippen LogP contribution in [0.3, 0.4) is 0 Å². The topological polar surface area (TPSA) is 60.5 Å². The van der Waals surface area contributed by atoms with Crippen LogP contribution in [0.15, 0.2) is 60.8 Å². The van der Waals surface area contributed by atoms with E-state index in [-0.39, 0.29) is 22.9 Å². The number of hydrogen-bond donors (Lipinski definition) is 1. The second-order valence-corrected chi connectivity index (χ2v) is 5.67. The quantitative estimate of drug-likeness (QED) is 0.737. The van der Waals surface area contributed by atoms with Crippen LogP contribution in [0.5, 0.6) is 11.5 Å². The van der Waals surface area contributed by atoms with E-state index < -0.39 is 18.0 Å². The molecule has 0 radical (unpaired) electrons. The number of carbonyl (C=O) groups excluding carboxylic acids is 1. The Morgan fingerprint density at radius 2 is 1.81 bits per heavy atom. The Bertz CT molecular complexity index is 1020. The van der Waals surface area contributed by atoms with Crippen LogP contribution in [0.25, 0.3) is 11.1 Å². The van der Waals surface area contributed by atoms with E-state index in [9.17, 15) is 18.0 Å². The van der Waals surface area contributed by atoms with E-state index in [0.717, 1.165) is 0 Å². The Morgan fingerprint density at radius 1 is 1.00 bits per heavy atom. The van der Waals surface area contributed by atoms with Gasteiger partial charge < -0.3 is 14.8 Å². The Kier molecular flexibility index (Phi) is 3.95. The zero-order valence-corrected chi connectivity index (χ0v) is 13.6. The van der Waals surface area contributed by atoms with E-state index in [0.29, 0.717) is 11.1 Å². The lowest BCUT2D eigenvalue weighted by Crippen LogP contribution is -2.26. The third-order valence-electron chi connectivity index (χ3n) is 3.86. The highest BCUT2D eigenvalue weighted by atomic mass is 19.3. The SMILES string of the molecule is O=C(Nc1ccc(-c2cccc3c2OC(F)(F)O3)cn1)c1ccccc1F. The highest BCUT2D eigenvalue weighted by Gasteiger charge is 2.44. The van der Waals surface area contributed by atoms with Gasteiger partial charge in [-0.15, -0.1) is 8.78 Å². The molecule has 2 heterocycles. The van der Waals surface area contributed by atoms with Crippen LogP contribution in [-0.2, 0) is 0 Å². The normalized spacial score (nSPS) is 14.0. The first kappa shape index (κ1) is 16.9. The standard InChI is InChI=1S/C19H11F3N2O3/c20-14-6-2-1-4-13(14)18(25)24-16-9-8-11(10-23-16)12-5-3-7-15-17(12)27-19(21,22)26-15/h1-10H,(H,23,24,25). The van der Waals surface area contributed by atoms with Gasteiger partial charge in [0.05, 0.1) is 5.56 Å². The highest BCUT2D eigenvalue weighted by Crippen LogP contribution is 2.46. The molecule has 0 saturated carbocycles. The smallest absolute Gasteiger partial charge is 0.395 e. The highest BCUT2D eigenvalue weighted by molar-refractivity contribution is 6.04. The van der Waals surface area contributed by atoms with Crippen LogP contribution < -0.4 is 14.8 Å². The van der Waals surface area contributed by atoms with Crippen molar-refractivity contribution in [1.82, 2.24) is 4.98 Å². The molecule has 4 rings (SSSR count). The van der Waals surface area contributed by atoms with Crippen LogP contribution in [0.2, 0.25) is 0 Å². The maximum absolute atomic E-state index is 13.6. The molecule has 0 bridgehead atoms. The Balaban J connectivity index is 1.57. The number of anilines is 1. The summed E-state index contributed by atoms with van der Waals surface area (Å²) in [5.41, 5.74) is 0.734. The van der Waals surface area contributed by atoms with Gasteiger partial charge in [-0.3, -0.25) is 4.79 Å². The van der Waals surface area contributed by atoms with E-state index in [1.807, 2.05) is 0 Å². The number of ether oxygens (including phenoxy) is 2. The molecule has 0 aliphatic carbocycles. The zero-order valence-electron chi connectivity index (χ0n) is 13.6. The Morgan fingerprint density at radius 3 is 2.56 bits per heavy atom. The molecule has 0 spiro atoms. The van der Waals surface area contributed by atoms with Gasteiger partial charge >= 0.3 is 6.29 Å². The number of hydrogen-bond acceptors (Lipinski definition) is 4. The summed E-state index contributed by atoms with van der Waals surface area (Å²) in [6, 6.07) is 13.1. The summed E-state index contributed by atoms with van der Waals surface area (Å²) >= 11 is 0. The maximum Gasteiger partial charge on any atom is 0.586 e. The van der Waals surface area contributed by atoms with Gasteiger partial charge in [-0.2, -0.15) is 0 Å². The van der Waals surface area contributed by atoms with E-state index in [1.165, 1.54) is 36.5 Å². The van der Waals surface area contributed by atoms with E-state index in [1.54, 1.807) is 24.3 Å². The summed E-state index contributed by atoms with van der Waals surface area (Å²) in [7, 11) is 0. The Hall–Kier alpha value is -3.55. The third-order valence-corrected chi connectivity index (χ3v) is 3.86. The minimum Gasteiger partial charge on any atom is -0.395 e. The summed E-state index contributed by atoms with van der Waals surface area (Å²) < 4.78 is 49.2. The van der Waals surface area contributed by atoms with E-state index in [4.69, 9.17) is 0 Å². The molecule has 1 aliphatic heterocycles. The molecule has 0 unspecified atom stereocenters. The molecule has 0 atom stereocenters. The van der Waals surface area contributed by atoms with Crippen molar-refractivity contribution >= 4 is 11.7 Å². The molecule has 1 N–H and O–H groups in total. The number of para-hydroxylation sites is 1. The lowest BCUT2D eigenvalue weighted by molar-refractivity contribution is -0.286. The fourth-order valence-electron chi connectivity index (χ4n) is 2.65. The third kappa shape index (κ3) is 3.29. The van der Waals surface area contributed by atoms with Gasteiger partial charge in [0.2, 0.25) is 0 Å². The Labute approximate surface area is 151 Å². The molecule has 1 amide bonds. The van der Waals surface area contributed by atoms with Crippen LogP contribution in [0.4, 0.5) is 19.0 Å². The first-order valence-electron chi connectivity index (χ1n) is 7.84. The molecular formula is C19H11F3N2O3. The summed E-state index contributed by atoms with van der Waals surface area (Å²) in [6.07, 6.45) is -2.34.